The second-order valence-electron chi connectivity index (χ2n) is 3.66. The summed E-state index contributed by atoms with van der Waals surface area (Å²) in [6.07, 6.45) is 2.72. The average Bonchev–Trinajstić information content (AvgIpc) is 2.48. The molecule has 1 nitrogen and oxygen atoms in total. The monoisotopic (exact) mass is 174 g/mol. The highest BCUT2D eigenvalue weighted by atomic mass is 16.1. The molecule has 0 heterocycles. The van der Waals surface area contributed by atoms with Crippen LogP contribution in [0.25, 0.3) is 0 Å². The zero-order chi connectivity index (χ0) is 9.42. The molecule has 0 fully saturated rings. The quantitative estimate of drug-likeness (QED) is 0.639. The molecule has 1 aromatic rings. The van der Waals surface area contributed by atoms with Crippen LogP contribution in [-0.4, -0.2) is 5.78 Å². The number of carbonyl (C=O) groups excluding carboxylic acids is 1. The highest BCUT2D eigenvalue weighted by Crippen LogP contribution is 2.27. The van der Waals surface area contributed by atoms with Crippen LogP contribution in [0.5, 0.6) is 0 Å². The van der Waals surface area contributed by atoms with E-state index < -0.39 is 0 Å². The van der Waals surface area contributed by atoms with Crippen LogP contribution in [0.2, 0.25) is 0 Å². The Labute approximate surface area is 78.8 Å². The highest BCUT2D eigenvalue weighted by Gasteiger charge is 2.21. The van der Waals surface area contributed by atoms with E-state index in [-0.39, 0.29) is 0 Å². The third kappa shape index (κ3) is 1.19. The lowest BCUT2D eigenvalue weighted by molar-refractivity contribution is 0.0994. The van der Waals surface area contributed by atoms with Crippen LogP contribution in [0.15, 0.2) is 12.1 Å². The largest absolute Gasteiger partial charge is 0.294 e. The van der Waals surface area contributed by atoms with Gasteiger partial charge in [-0.05, 0) is 36.5 Å². The van der Waals surface area contributed by atoms with Crippen molar-refractivity contribution in [1.82, 2.24) is 0 Å². The van der Waals surface area contributed by atoms with Gasteiger partial charge >= 0.3 is 0 Å². The molecule has 1 aromatic carbocycles. The molecule has 1 aliphatic carbocycles. The lowest BCUT2D eigenvalue weighted by Gasteiger charge is -2.08. The molecule has 0 aliphatic heterocycles. The van der Waals surface area contributed by atoms with Gasteiger partial charge in [0.2, 0.25) is 0 Å². The Morgan fingerprint density at radius 1 is 1.31 bits per heavy atom. The Balaban J connectivity index is 2.64. The minimum Gasteiger partial charge on any atom is -0.294 e. The Hall–Kier alpha value is -1.11. The van der Waals surface area contributed by atoms with Crippen molar-refractivity contribution in [2.24, 2.45) is 0 Å². The summed E-state index contributed by atoms with van der Waals surface area (Å²) in [4.78, 5) is 11.4. The molecule has 0 atom stereocenters. The predicted molar refractivity (Wildman–Crippen MR) is 53.2 cm³/mol. The lowest BCUT2D eigenvalue weighted by atomic mass is 9.96. The molecule has 0 saturated heterocycles. The highest BCUT2D eigenvalue weighted by molar-refractivity contribution is 6.00. The van der Waals surface area contributed by atoms with Crippen LogP contribution in [0.1, 0.15) is 40.4 Å². The number of aryl methyl sites for hydroxylation is 1. The molecular formula is C12H14O. The third-order valence-corrected chi connectivity index (χ3v) is 2.92. The van der Waals surface area contributed by atoms with Crippen LogP contribution < -0.4 is 0 Å². The fourth-order valence-electron chi connectivity index (χ4n) is 2.22. The van der Waals surface area contributed by atoms with E-state index in [0.29, 0.717) is 12.2 Å². The van der Waals surface area contributed by atoms with Crippen molar-refractivity contribution >= 4 is 5.78 Å². The summed E-state index contributed by atoms with van der Waals surface area (Å²) in [6.45, 7) is 4.29. The molecule has 13 heavy (non-hydrogen) atoms. The number of ketones is 1. The Morgan fingerprint density at radius 2 is 2.08 bits per heavy atom. The first kappa shape index (κ1) is 8.49. The van der Waals surface area contributed by atoms with E-state index in [4.69, 9.17) is 0 Å². The molecule has 0 aromatic heterocycles. The van der Waals surface area contributed by atoms with Gasteiger partial charge in [0.25, 0.3) is 0 Å². The van der Waals surface area contributed by atoms with Gasteiger partial charge in [0.05, 0.1) is 0 Å². The van der Waals surface area contributed by atoms with E-state index >= 15 is 0 Å². The maximum absolute atomic E-state index is 11.4. The molecular weight excluding hydrogens is 160 g/mol. The normalized spacial score (nSPS) is 14.8. The maximum Gasteiger partial charge on any atom is 0.163 e. The van der Waals surface area contributed by atoms with Gasteiger partial charge in [0.1, 0.15) is 0 Å². The number of carbonyl (C=O) groups is 1. The molecule has 2 rings (SSSR count). The minimum atomic E-state index is 0.324. The first-order chi connectivity index (χ1) is 6.24. The number of hydrogen-bond acceptors (Lipinski definition) is 1. The summed E-state index contributed by atoms with van der Waals surface area (Å²) in [5, 5.41) is 0. The summed E-state index contributed by atoms with van der Waals surface area (Å²) in [5.41, 5.74) is 5.01. The van der Waals surface area contributed by atoms with Gasteiger partial charge in [0, 0.05) is 12.0 Å². The van der Waals surface area contributed by atoms with Crippen molar-refractivity contribution in [1.29, 1.82) is 0 Å². The van der Waals surface area contributed by atoms with Gasteiger partial charge in [-0.15, -0.1) is 0 Å². The Bertz CT molecular complexity index is 364. The van der Waals surface area contributed by atoms with Crippen LogP contribution in [-0.2, 0) is 12.8 Å². The van der Waals surface area contributed by atoms with Crippen LogP contribution in [0.4, 0.5) is 0 Å². The molecule has 0 unspecified atom stereocenters. The van der Waals surface area contributed by atoms with Crippen LogP contribution >= 0.6 is 0 Å². The SMILES string of the molecule is CCc1c(C)ccc2c1CCC2=O. The lowest BCUT2D eigenvalue weighted by Crippen LogP contribution is -1.97. The molecule has 0 amide bonds. The van der Waals surface area contributed by atoms with Gasteiger partial charge in [-0.2, -0.15) is 0 Å². The number of rotatable bonds is 1. The minimum absolute atomic E-state index is 0.324. The molecule has 1 heteroatoms. The predicted octanol–water partition coefficient (Wildman–Crippen LogP) is 2.69. The Kier molecular flexibility index (Phi) is 1.95. The number of benzene rings is 1. The van der Waals surface area contributed by atoms with Crippen molar-refractivity contribution in [3.05, 3.63) is 34.4 Å². The van der Waals surface area contributed by atoms with E-state index in [2.05, 4.69) is 19.9 Å². The molecule has 0 N–H and O–H groups in total. The van der Waals surface area contributed by atoms with Crippen LogP contribution in [0.3, 0.4) is 0 Å². The second-order valence-corrected chi connectivity index (χ2v) is 3.66. The van der Waals surface area contributed by atoms with E-state index in [1.807, 2.05) is 6.07 Å². The van der Waals surface area contributed by atoms with Crippen molar-refractivity contribution in [3.63, 3.8) is 0 Å². The van der Waals surface area contributed by atoms with E-state index in [0.717, 1.165) is 18.4 Å². The molecule has 0 bridgehead atoms. The fourth-order valence-corrected chi connectivity index (χ4v) is 2.22. The van der Waals surface area contributed by atoms with Crippen molar-refractivity contribution in [2.45, 2.75) is 33.1 Å². The smallest absolute Gasteiger partial charge is 0.163 e. The van der Waals surface area contributed by atoms with Gasteiger partial charge in [-0.25, -0.2) is 0 Å². The van der Waals surface area contributed by atoms with Crippen molar-refractivity contribution in [3.8, 4) is 0 Å². The number of hydrogen-bond donors (Lipinski definition) is 0. The van der Waals surface area contributed by atoms with E-state index in [9.17, 15) is 4.79 Å². The summed E-state index contributed by atoms with van der Waals surface area (Å²) in [6, 6.07) is 4.06. The van der Waals surface area contributed by atoms with Crippen molar-refractivity contribution in [2.75, 3.05) is 0 Å². The summed E-state index contributed by atoms with van der Waals surface area (Å²) < 4.78 is 0. The zero-order valence-electron chi connectivity index (χ0n) is 8.18. The topological polar surface area (TPSA) is 17.1 Å². The van der Waals surface area contributed by atoms with Crippen molar-refractivity contribution < 1.29 is 4.79 Å². The molecule has 1 aliphatic rings. The van der Waals surface area contributed by atoms with Gasteiger partial charge in [0.15, 0.2) is 5.78 Å². The van der Waals surface area contributed by atoms with Gasteiger partial charge in [-0.3, -0.25) is 4.79 Å². The molecule has 0 saturated carbocycles. The van der Waals surface area contributed by atoms with Gasteiger partial charge in [-0.1, -0.05) is 19.1 Å². The Morgan fingerprint density at radius 3 is 2.77 bits per heavy atom. The summed E-state index contributed by atoms with van der Waals surface area (Å²) >= 11 is 0. The first-order valence-corrected chi connectivity index (χ1v) is 4.88. The van der Waals surface area contributed by atoms with E-state index in [1.54, 1.807) is 0 Å². The standard InChI is InChI=1S/C12H14O/c1-3-9-8(2)4-5-11-10(9)6-7-12(11)13/h4-5H,3,6-7H2,1-2H3. The third-order valence-electron chi connectivity index (χ3n) is 2.92. The maximum atomic E-state index is 11.4. The van der Waals surface area contributed by atoms with Gasteiger partial charge < -0.3 is 0 Å². The van der Waals surface area contributed by atoms with Crippen LogP contribution in [0, 0.1) is 6.92 Å². The summed E-state index contributed by atoms with van der Waals surface area (Å²) in [5.74, 6) is 0.324. The fraction of sp³-hybridized carbons (Fsp3) is 0.417. The molecule has 0 spiro atoms. The number of Topliss-reactive ketones (excluding diaryl/α,β-unsaturated/α-hetero) is 1. The molecule has 0 radical (unpaired) electrons. The molecule has 68 valence electrons. The average molecular weight is 174 g/mol. The number of fused-ring (bicyclic) bond motifs is 1. The summed E-state index contributed by atoms with van der Waals surface area (Å²) in [7, 11) is 0. The zero-order valence-corrected chi connectivity index (χ0v) is 8.18. The first-order valence-electron chi connectivity index (χ1n) is 4.88. The van der Waals surface area contributed by atoms with E-state index in [1.165, 1.54) is 16.7 Å². The second kappa shape index (κ2) is 2.99.